The topological polar surface area (TPSA) is 60.7 Å². The second-order valence-corrected chi connectivity index (χ2v) is 4.13. The summed E-state index contributed by atoms with van der Waals surface area (Å²) < 4.78 is 1.68. The van der Waals surface area contributed by atoms with Gasteiger partial charge in [0.15, 0.2) is 5.82 Å². The Hall–Kier alpha value is -2.04. The Kier molecular flexibility index (Phi) is 4.17. The molecule has 0 bridgehead atoms. The lowest BCUT2D eigenvalue weighted by atomic mass is 10.1. The van der Waals surface area contributed by atoms with Crippen LogP contribution in [0.3, 0.4) is 0 Å². The van der Waals surface area contributed by atoms with Gasteiger partial charge in [-0.2, -0.15) is 4.68 Å². The summed E-state index contributed by atoms with van der Waals surface area (Å²) in [6.07, 6.45) is 2.61. The summed E-state index contributed by atoms with van der Waals surface area (Å²) in [5.41, 5.74) is 0.917. The molecule has 0 aliphatic heterocycles. The largest absolute Gasteiger partial charge is 0.300 e. The highest BCUT2D eigenvalue weighted by Gasteiger charge is 2.09. The average Bonchev–Trinajstić information content (AvgIpc) is 2.86. The molecule has 0 N–H and O–H groups in total. The third kappa shape index (κ3) is 3.00. The molecule has 1 aromatic heterocycles. The van der Waals surface area contributed by atoms with Crippen molar-refractivity contribution in [3.63, 3.8) is 0 Å². The van der Waals surface area contributed by atoms with E-state index in [2.05, 4.69) is 15.5 Å². The molecule has 0 amide bonds. The Morgan fingerprint density at radius 3 is 2.72 bits per heavy atom. The van der Waals surface area contributed by atoms with Crippen molar-refractivity contribution >= 4 is 5.78 Å². The molecule has 0 radical (unpaired) electrons. The van der Waals surface area contributed by atoms with Gasteiger partial charge in [-0.25, -0.2) is 0 Å². The van der Waals surface area contributed by atoms with E-state index in [1.165, 1.54) is 0 Å². The smallest absolute Gasteiger partial charge is 0.157 e. The van der Waals surface area contributed by atoms with Gasteiger partial charge in [0.2, 0.25) is 0 Å². The minimum absolute atomic E-state index is 0.264. The van der Waals surface area contributed by atoms with Gasteiger partial charge in [0.25, 0.3) is 0 Å². The van der Waals surface area contributed by atoms with Gasteiger partial charge in [0.1, 0.15) is 5.78 Å². The first-order valence-corrected chi connectivity index (χ1v) is 6.15. The van der Waals surface area contributed by atoms with E-state index in [0.29, 0.717) is 19.3 Å². The molecular formula is C13H16N4O. The summed E-state index contributed by atoms with van der Waals surface area (Å²) in [5.74, 6) is 0.991. The first kappa shape index (κ1) is 12.4. The molecule has 5 nitrogen and oxygen atoms in total. The lowest BCUT2D eigenvalue weighted by Crippen LogP contribution is -2.06. The molecule has 0 spiro atoms. The molecule has 0 saturated carbocycles. The number of aromatic nitrogens is 4. The standard InChI is InChI=1S/C13H16N4O/c1-2-6-12(18)9-10-13-14-15-16-17(13)11-7-4-3-5-8-11/h3-5,7-8H,2,6,9-10H2,1H3. The Bertz CT molecular complexity index is 507. The molecule has 5 heteroatoms. The summed E-state index contributed by atoms with van der Waals surface area (Å²) in [5, 5.41) is 11.6. The summed E-state index contributed by atoms with van der Waals surface area (Å²) in [6.45, 7) is 2.01. The van der Waals surface area contributed by atoms with Gasteiger partial charge in [0, 0.05) is 19.3 Å². The van der Waals surface area contributed by atoms with Crippen LogP contribution in [-0.4, -0.2) is 26.0 Å². The Morgan fingerprint density at radius 2 is 2.00 bits per heavy atom. The van der Waals surface area contributed by atoms with Crippen LogP contribution in [0.5, 0.6) is 0 Å². The van der Waals surface area contributed by atoms with E-state index in [9.17, 15) is 4.79 Å². The molecule has 0 unspecified atom stereocenters. The van der Waals surface area contributed by atoms with Crippen LogP contribution in [-0.2, 0) is 11.2 Å². The molecule has 0 saturated heterocycles. The molecule has 18 heavy (non-hydrogen) atoms. The predicted octanol–water partition coefficient (Wildman–Crippen LogP) is 1.96. The van der Waals surface area contributed by atoms with E-state index in [-0.39, 0.29) is 5.78 Å². The average molecular weight is 244 g/mol. The molecule has 94 valence electrons. The van der Waals surface area contributed by atoms with Gasteiger partial charge in [-0.05, 0) is 29.0 Å². The quantitative estimate of drug-likeness (QED) is 0.779. The number of tetrazole rings is 1. The first-order chi connectivity index (χ1) is 8.81. The number of nitrogens with zero attached hydrogens (tertiary/aromatic N) is 4. The highest BCUT2D eigenvalue weighted by molar-refractivity contribution is 5.78. The van der Waals surface area contributed by atoms with Crippen molar-refractivity contribution in [1.29, 1.82) is 0 Å². The molecule has 2 rings (SSSR count). The van der Waals surface area contributed by atoms with E-state index in [1.807, 2.05) is 37.3 Å². The van der Waals surface area contributed by atoms with Crippen LogP contribution in [0.1, 0.15) is 32.0 Å². The van der Waals surface area contributed by atoms with E-state index in [0.717, 1.165) is 17.9 Å². The van der Waals surface area contributed by atoms with Gasteiger partial charge >= 0.3 is 0 Å². The first-order valence-electron chi connectivity index (χ1n) is 6.15. The number of aryl methyl sites for hydroxylation is 1. The van der Waals surface area contributed by atoms with Crippen LogP contribution in [0.2, 0.25) is 0 Å². The Balaban J connectivity index is 2.07. The van der Waals surface area contributed by atoms with Crippen molar-refractivity contribution in [2.75, 3.05) is 0 Å². The van der Waals surface area contributed by atoms with E-state index >= 15 is 0 Å². The Labute approximate surface area is 106 Å². The van der Waals surface area contributed by atoms with Crippen molar-refractivity contribution in [3.8, 4) is 5.69 Å². The molecule has 0 atom stereocenters. The minimum Gasteiger partial charge on any atom is -0.300 e. The van der Waals surface area contributed by atoms with Crippen molar-refractivity contribution in [2.24, 2.45) is 0 Å². The lowest BCUT2D eigenvalue weighted by molar-refractivity contribution is -0.119. The van der Waals surface area contributed by atoms with Crippen molar-refractivity contribution in [3.05, 3.63) is 36.2 Å². The maximum Gasteiger partial charge on any atom is 0.157 e. The monoisotopic (exact) mass is 244 g/mol. The molecule has 0 aliphatic rings. The number of ketones is 1. The van der Waals surface area contributed by atoms with Crippen LogP contribution >= 0.6 is 0 Å². The summed E-state index contributed by atoms with van der Waals surface area (Å²) >= 11 is 0. The van der Waals surface area contributed by atoms with Gasteiger partial charge in [-0.15, -0.1) is 5.10 Å². The molecule has 1 heterocycles. The summed E-state index contributed by atoms with van der Waals surface area (Å²) in [6, 6.07) is 9.69. The maximum atomic E-state index is 11.5. The molecule has 0 fully saturated rings. The van der Waals surface area contributed by atoms with Gasteiger partial charge in [0.05, 0.1) is 5.69 Å². The molecule has 2 aromatic rings. The molecule has 0 aliphatic carbocycles. The number of carbonyl (C=O) groups is 1. The predicted molar refractivity (Wildman–Crippen MR) is 67.4 cm³/mol. The number of hydrogen-bond acceptors (Lipinski definition) is 4. The Morgan fingerprint density at radius 1 is 1.22 bits per heavy atom. The van der Waals surface area contributed by atoms with Crippen LogP contribution < -0.4 is 0 Å². The fourth-order valence-corrected chi connectivity index (χ4v) is 1.79. The van der Waals surface area contributed by atoms with Crippen LogP contribution in [0, 0.1) is 0 Å². The fraction of sp³-hybridized carbons (Fsp3) is 0.385. The number of para-hydroxylation sites is 1. The molecule has 1 aromatic carbocycles. The van der Waals surface area contributed by atoms with Crippen LogP contribution in [0.25, 0.3) is 5.69 Å². The number of hydrogen-bond donors (Lipinski definition) is 0. The summed E-state index contributed by atoms with van der Waals surface area (Å²) in [7, 11) is 0. The zero-order chi connectivity index (χ0) is 12.8. The van der Waals surface area contributed by atoms with Crippen LogP contribution in [0.4, 0.5) is 0 Å². The van der Waals surface area contributed by atoms with Crippen LogP contribution in [0.15, 0.2) is 30.3 Å². The lowest BCUT2D eigenvalue weighted by Gasteiger charge is -2.03. The van der Waals surface area contributed by atoms with E-state index < -0.39 is 0 Å². The van der Waals surface area contributed by atoms with Gasteiger partial charge in [-0.3, -0.25) is 4.79 Å². The maximum absolute atomic E-state index is 11.5. The van der Waals surface area contributed by atoms with E-state index in [1.54, 1.807) is 4.68 Å². The summed E-state index contributed by atoms with van der Waals surface area (Å²) in [4.78, 5) is 11.5. The second-order valence-electron chi connectivity index (χ2n) is 4.13. The highest BCUT2D eigenvalue weighted by atomic mass is 16.1. The van der Waals surface area contributed by atoms with Gasteiger partial charge < -0.3 is 0 Å². The number of carbonyl (C=O) groups excluding carboxylic acids is 1. The SMILES string of the molecule is CCCC(=O)CCc1nnnn1-c1ccccc1. The zero-order valence-corrected chi connectivity index (χ0v) is 10.4. The second kappa shape index (κ2) is 6.05. The van der Waals surface area contributed by atoms with Gasteiger partial charge in [-0.1, -0.05) is 25.1 Å². The number of benzene rings is 1. The normalized spacial score (nSPS) is 10.5. The minimum atomic E-state index is 0.264. The molecular weight excluding hydrogens is 228 g/mol. The third-order valence-corrected chi connectivity index (χ3v) is 2.69. The van der Waals surface area contributed by atoms with Crippen molar-refractivity contribution in [2.45, 2.75) is 32.6 Å². The van der Waals surface area contributed by atoms with Crippen molar-refractivity contribution in [1.82, 2.24) is 20.2 Å². The third-order valence-electron chi connectivity index (χ3n) is 2.69. The van der Waals surface area contributed by atoms with E-state index in [4.69, 9.17) is 0 Å². The van der Waals surface area contributed by atoms with Crippen molar-refractivity contribution < 1.29 is 4.79 Å². The highest BCUT2D eigenvalue weighted by Crippen LogP contribution is 2.09. The fourth-order valence-electron chi connectivity index (χ4n) is 1.79. The number of rotatable bonds is 6. The number of Topliss-reactive ketones (excluding diaryl/α,β-unsaturated/α-hetero) is 1. The zero-order valence-electron chi connectivity index (χ0n) is 10.4.